The average molecular weight is 1520 g/mol. The normalized spacial score (nSPS) is 26.1. The lowest BCUT2D eigenvalue weighted by Crippen LogP contribution is -2.49. The lowest BCUT2D eigenvalue weighted by Gasteiger charge is -2.33. The van der Waals surface area contributed by atoms with Gasteiger partial charge >= 0.3 is 14.4 Å². The predicted molar refractivity (Wildman–Crippen MR) is 441 cm³/mol. The number of hydrogen-bond acceptors (Lipinski definition) is 7. The zero-order valence-electron chi connectivity index (χ0n) is 62.4. The lowest BCUT2D eigenvalue weighted by atomic mass is 9.90. The number of hydrogen-bond donors (Lipinski definition) is 5. The van der Waals surface area contributed by atoms with Gasteiger partial charge in [0.2, 0.25) is 0 Å². The van der Waals surface area contributed by atoms with Gasteiger partial charge in [-0.2, -0.15) is 0 Å². The molecule has 0 spiro atoms. The molecule has 21 heteroatoms. The number of nitrogens with one attached hydrogen (secondary N) is 2. The number of rotatable bonds is 19. The van der Waals surface area contributed by atoms with Gasteiger partial charge in [0.05, 0.1) is 0 Å². The molecule has 0 amide bonds. The summed E-state index contributed by atoms with van der Waals surface area (Å²) in [6, 6.07) is 85.8. The topological polar surface area (TPSA) is 222 Å². The third-order valence-electron chi connectivity index (χ3n) is 23.2. The molecule has 5 aliphatic carbocycles. The van der Waals surface area contributed by atoms with Crippen LogP contribution >= 0.6 is 33.2 Å². The van der Waals surface area contributed by atoms with Crippen molar-refractivity contribution in [2.45, 2.75) is 241 Å². The quantitative estimate of drug-likeness (QED) is 0.0220. The Hall–Kier alpha value is -6.39. The van der Waals surface area contributed by atoms with E-state index in [1.807, 2.05) is 143 Å². The predicted octanol–water partition coefficient (Wildman–Crippen LogP) is 20.1. The van der Waals surface area contributed by atoms with Crippen LogP contribution in [0.25, 0.3) is 10.4 Å². The van der Waals surface area contributed by atoms with Crippen LogP contribution in [0.1, 0.15) is 174 Å². The average Bonchev–Trinajstić information content (AvgIpc) is 1.56. The van der Waals surface area contributed by atoms with E-state index in [0.29, 0.717) is 75.5 Å². The molecule has 10 atom stereocenters. The van der Waals surface area contributed by atoms with Crippen molar-refractivity contribution in [1.82, 2.24) is 38.7 Å². The molecular formula is C86H116ClN14O3P3. The summed E-state index contributed by atoms with van der Waals surface area (Å²) < 4.78 is 53.8. The minimum absolute atomic E-state index is 0. The second kappa shape index (κ2) is 40.0. The molecule has 3 aliphatic heterocycles. The molecule has 16 rings (SSSR count). The van der Waals surface area contributed by atoms with Crippen molar-refractivity contribution < 1.29 is 15.1 Å². The van der Waals surface area contributed by atoms with Gasteiger partial charge in [0.15, 0.2) is 0 Å². The summed E-state index contributed by atoms with van der Waals surface area (Å²) in [7, 11) is -6.38. The SMILES string of the molecule is NP1(=O)N(Cc2ccccc2)[C@@H]2CCCC[C@H]2N1Cc1ccccc1.N[C@@H]1CCCC[C@H]1N.O=P1(Cl)N(Cc2ccccc2)[C@@H]2CCCC[C@H]2N1Cc1ccccc1.[2HH].[N-]=[N+]=NP1(=O)N(Cc2ccccc2)[C@@H]2CCCC[C@H]2N1Cc1ccccc1.c1ccc(CN[C@@H]2CCCC[C@H]2NCc2ccccc2)cc1. The van der Waals surface area contributed by atoms with Crippen LogP contribution in [0.15, 0.2) is 248 Å². The zero-order chi connectivity index (χ0) is 74.3. The van der Waals surface area contributed by atoms with E-state index in [9.17, 15) is 19.2 Å². The highest BCUT2D eigenvalue weighted by Gasteiger charge is 2.57. The van der Waals surface area contributed by atoms with E-state index in [1.165, 1.54) is 97.6 Å². The van der Waals surface area contributed by atoms with Crippen molar-refractivity contribution in [2.75, 3.05) is 0 Å². The van der Waals surface area contributed by atoms with Crippen molar-refractivity contribution in [3.8, 4) is 0 Å². The monoisotopic (exact) mass is 1520 g/mol. The Morgan fingerprint density at radius 2 is 0.561 bits per heavy atom. The van der Waals surface area contributed by atoms with Crippen LogP contribution < -0.4 is 27.6 Å². The van der Waals surface area contributed by atoms with Gasteiger partial charge in [0.1, 0.15) is 0 Å². The first-order chi connectivity index (χ1) is 52.3. The maximum Gasteiger partial charge on any atom is 0.305 e. The van der Waals surface area contributed by atoms with Crippen molar-refractivity contribution in [1.29, 1.82) is 0 Å². The molecule has 3 heterocycles. The van der Waals surface area contributed by atoms with Crippen molar-refractivity contribution in [2.24, 2.45) is 21.9 Å². The Balaban J connectivity index is 0.000000138. The number of benzene rings is 8. The minimum atomic E-state index is -3.35. The van der Waals surface area contributed by atoms with Gasteiger partial charge in [-0.25, -0.2) is 28.0 Å². The Kier molecular flexibility index (Phi) is 30.0. The van der Waals surface area contributed by atoms with Crippen LogP contribution in [0.5, 0.6) is 0 Å². The number of halogens is 1. The maximum absolute atomic E-state index is 14.1. The molecule has 8 aromatic carbocycles. The highest BCUT2D eigenvalue weighted by atomic mass is 35.7. The number of azide groups is 1. The summed E-state index contributed by atoms with van der Waals surface area (Å²) in [5.41, 5.74) is 36.7. The van der Waals surface area contributed by atoms with E-state index >= 15 is 0 Å². The van der Waals surface area contributed by atoms with Crippen LogP contribution in [0.4, 0.5) is 0 Å². The molecule has 8 aromatic rings. The summed E-state index contributed by atoms with van der Waals surface area (Å²) >= 11 is 6.78. The van der Waals surface area contributed by atoms with E-state index in [0.717, 1.165) is 88.4 Å². The van der Waals surface area contributed by atoms with Gasteiger partial charge in [-0.05, 0) is 125 Å². The van der Waals surface area contributed by atoms with Gasteiger partial charge < -0.3 is 22.1 Å². The molecule has 570 valence electrons. The van der Waals surface area contributed by atoms with Crippen LogP contribution in [-0.4, -0.2) is 88.4 Å². The molecule has 3 saturated heterocycles. The van der Waals surface area contributed by atoms with Crippen molar-refractivity contribution in [3.63, 3.8) is 0 Å². The molecule has 5 saturated carbocycles. The molecule has 107 heavy (non-hydrogen) atoms. The van der Waals surface area contributed by atoms with E-state index in [2.05, 4.69) is 148 Å². The standard InChI is InChI=1S/C20H24ClN2OP.C20H24N5OP.C20H26N3OP.C20H26N2.C6H14N2.H2/c21-25(24)22(15-17-9-3-1-4-10-17)19-13-7-8-14-20(19)23(25)16-18-11-5-2-6-12-18;21-22-23-27(26)24(15-17-9-3-1-4-10-17)19-13-7-8-14-20(19)25(27)16-18-11-5-2-6-12-18;21-25(24)22(15-17-9-3-1-4-10-17)19-13-7-8-14-20(19)23(25)16-18-11-5-2-6-12-18;1-3-9-17(10-4-1)15-21-19-13-7-8-14-20(19)22-16-18-11-5-2-6-12-18;7-5-3-1-2-4-6(5)8;/h1-6,9-12,19-20H,7-8,13-16H2;1-6,9-12,19-20H,7-8,13-16H2;1-6,9-12,19-20H,7-8,13-16H2,(H2,21,24);1-6,9-12,19-22H,7-8,13-16H2;5-6H,1-4,7-8H2;1H/t4*19-,20-;5-,6-;/m11111./s1/i;;;;;1+1. The molecule has 0 unspecified atom stereocenters. The summed E-state index contributed by atoms with van der Waals surface area (Å²) in [6.45, 7) is 2.62. The van der Waals surface area contributed by atoms with Crippen LogP contribution in [-0.2, 0) is 66.1 Å². The highest BCUT2D eigenvalue weighted by Crippen LogP contribution is 2.69. The summed E-state index contributed by atoms with van der Waals surface area (Å²) in [4.78, 5) is 6.93. The lowest BCUT2D eigenvalue weighted by molar-refractivity contribution is 0.197. The fraction of sp³-hybridized carbons (Fsp3) is 0.442. The molecule has 0 bridgehead atoms. The summed E-state index contributed by atoms with van der Waals surface area (Å²) in [5.74, 6) is 0. The number of fused-ring (bicyclic) bond motifs is 3. The smallest absolute Gasteiger partial charge is 0.305 e. The third-order valence-corrected chi connectivity index (χ3v) is 31.3. The summed E-state index contributed by atoms with van der Waals surface area (Å²) in [6.07, 6.45) is 23.4. The first kappa shape index (κ1) is 80.1. The zero-order valence-corrected chi connectivity index (χ0v) is 65.8. The van der Waals surface area contributed by atoms with Crippen LogP contribution in [0, 0.1) is 0 Å². The Morgan fingerprint density at radius 3 is 0.822 bits per heavy atom. The van der Waals surface area contributed by atoms with Gasteiger partial charge in [-0.1, -0.05) is 307 Å². The van der Waals surface area contributed by atoms with Gasteiger partial charge in [-0.15, -0.1) is 0 Å². The fourth-order valence-corrected chi connectivity index (χ4v) is 25.8. The fourth-order valence-electron chi connectivity index (χ4n) is 17.5. The van der Waals surface area contributed by atoms with E-state index in [-0.39, 0.29) is 25.6 Å². The first-order valence-corrected chi connectivity index (χ1v) is 45.3. The third kappa shape index (κ3) is 21.4. The molecule has 17 nitrogen and oxygen atoms in total. The minimum Gasteiger partial charge on any atom is -0.326 e. The van der Waals surface area contributed by atoms with Crippen molar-refractivity contribution >= 4 is 33.2 Å². The molecule has 8 fully saturated rings. The van der Waals surface area contributed by atoms with Crippen molar-refractivity contribution in [3.05, 3.63) is 298 Å². The molecule has 8 N–H and O–H groups in total. The second-order valence-electron chi connectivity index (χ2n) is 30.4. The summed E-state index contributed by atoms with van der Waals surface area (Å²) in [5, 5.41) is 7.52. The van der Waals surface area contributed by atoms with E-state index < -0.39 is 22.0 Å². The van der Waals surface area contributed by atoms with Gasteiger partial charge in [0, 0.05) is 124 Å². The van der Waals surface area contributed by atoms with Gasteiger partial charge in [0.25, 0.3) is 7.59 Å². The first-order valence-electron chi connectivity index (χ1n) is 39.5. The maximum atomic E-state index is 14.1. The van der Waals surface area contributed by atoms with Gasteiger partial charge in [-0.3, -0.25) is 19.2 Å². The second-order valence-corrected chi connectivity index (χ2v) is 38.1. The molecule has 0 radical (unpaired) electrons. The molecule has 0 aromatic heterocycles. The Labute approximate surface area is 643 Å². The van der Waals surface area contributed by atoms with E-state index in [4.69, 9.17) is 28.2 Å². The highest BCUT2D eigenvalue weighted by molar-refractivity contribution is 7.85. The molecule has 8 aliphatic rings. The largest absolute Gasteiger partial charge is 0.326 e. The Bertz CT molecular complexity index is 3770. The molecular weight excluding hydrogens is 1410 g/mol. The van der Waals surface area contributed by atoms with E-state index in [1.54, 1.807) is 0 Å². The number of nitrogens with two attached hydrogens (primary N) is 3. The van der Waals surface area contributed by atoms with Crippen LogP contribution in [0.3, 0.4) is 0 Å². The van der Waals surface area contributed by atoms with Crippen LogP contribution in [0.2, 0.25) is 0 Å². The Morgan fingerprint density at radius 1 is 0.346 bits per heavy atom. The number of nitrogens with zero attached hydrogens (tertiary/aromatic N) is 9.